The van der Waals surface area contributed by atoms with Crippen LogP contribution in [0, 0.1) is 12.8 Å². The number of aliphatic hydroxyl groups is 1. The minimum Gasteiger partial charge on any atom is -0.386 e. The molecule has 0 radical (unpaired) electrons. The summed E-state index contributed by atoms with van der Waals surface area (Å²) >= 11 is 0. The van der Waals surface area contributed by atoms with Crippen molar-refractivity contribution >= 4 is 17.5 Å². The van der Waals surface area contributed by atoms with Gasteiger partial charge < -0.3 is 20.1 Å². The first kappa shape index (κ1) is 22.5. The van der Waals surface area contributed by atoms with Crippen molar-refractivity contribution in [1.29, 1.82) is 0 Å². The van der Waals surface area contributed by atoms with E-state index in [2.05, 4.69) is 10.4 Å². The second kappa shape index (κ2) is 9.83. The molecule has 32 heavy (non-hydrogen) atoms. The van der Waals surface area contributed by atoms with Gasteiger partial charge in [-0.05, 0) is 49.4 Å². The van der Waals surface area contributed by atoms with Crippen LogP contribution in [0.4, 0.5) is 5.69 Å². The minimum atomic E-state index is -0.854. The summed E-state index contributed by atoms with van der Waals surface area (Å²) in [5, 5.41) is 18.1. The summed E-state index contributed by atoms with van der Waals surface area (Å²) in [7, 11) is 1.73. The fourth-order valence-corrected chi connectivity index (χ4v) is 4.78. The Balaban J connectivity index is 1.43. The molecule has 1 saturated heterocycles. The van der Waals surface area contributed by atoms with Gasteiger partial charge in [0.25, 0.3) is 5.91 Å². The number of amides is 2. The molecule has 172 valence electrons. The molecule has 2 fully saturated rings. The average Bonchev–Trinajstić information content (AvgIpc) is 3.14. The first-order chi connectivity index (χ1) is 15.4. The third-order valence-electron chi connectivity index (χ3n) is 6.52. The van der Waals surface area contributed by atoms with Crippen molar-refractivity contribution in [2.24, 2.45) is 13.0 Å². The Morgan fingerprint density at radius 3 is 2.62 bits per heavy atom. The predicted molar refractivity (Wildman–Crippen MR) is 120 cm³/mol. The molecular weight excluding hydrogens is 408 g/mol. The van der Waals surface area contributed by atoms with E-state index in [9.17, 15) is 14.7 Å². The van der Waals surface area contributed by atoms with Crippen molar-refractivity contribution in [1.82, 2.24) is 14.7 Å². The number of aliphatic hydroxyl groups excluding tert-OH is 1. The van der Waals surface area contributed by atoms with Crippen molar-refractivity contribution in [3.05, 3.63) is 47.3 Å². The number of benzene rings is 1. The summed E-state index contributed by atoms with van der Waals surface area (Å²) in [5.74, 6) is 0.196. The summed E-state index contributed by atoms with van der Waals surface area (Å²) in [4.78, 5) is 26.9. The summed E-state index contributed by atoms with van der Waals surface area (Å²) < 4.78 is 7.02. The van der Waals surface area contributed by atoms with E-state index in [1.54, 1.807) is 42.1 Å². The van der Waals surface area contributed by atoms with Gasteiger partial charge in [-0.3, -0.25) is 14.3 Å². The van der Waals surface area contributed by atoms with Crippen LogP contribution in [0.5, 0.6) is 0 Å². The number of aryl methyl sites for hydroxylation is 2. The number of morpholine rings is 1. The number of nitrogens with one attached hydrogen (secondary N) is 1. The van der Waals surface area contributed by atoms with Gasteiger partial charge in [0.2, 0.25) is 5.91 Å². The number of carbonyl (C=O) groups excluding carboxylic acids is 2. The zero-order valence-corrected chi connectivity index (χ0v) is 18.8. The zero-order chi connectivity index (χ0) is 22.7. The molecule has 2 aromatic rings. The summed E-state index contributed by atoms with van der Waals surface area (Å²) in [6, 6.07) is 8.41. The van der Waals surface area contributed by atoms with Crippen LogP contribution >= 0.6 is 0 Å². The average molecular weight is 441 g/mol. The molecule has 1 aromatic heterocycles. The Labute approximate surface area is 188 Å². The summed E-state index contributed by atoms with van der Waals surface area (Å²) in [5.41, 5.74) is 2.57. The zero-order valence-electron chi connectivity index (χ0n) is 18.8. The molecule has 0 bridgehead atoms. The van der Waals surface area contributed by atoms with Crippen molar-refractivity contribution in [2.45, 2.75) is 51.2 Å². The lowest BCUT2D eigenvalue weighted by Crippen LogP contribution is -2.53. The van der Waals surface area contributed by atoms with E-state index >= 15 is 0 Å². The number of nitrogens with zero attached hydrogens (tertiary/aromatic N) is 3. The monoisotopic (exact) mass is 440 g/mol. The molecular formula is C24H32N4O4. The van der Waals surface area contributed by atoms with Crippen LogP contribution in [-0.2, 0) is 16.6 Å². The highest BCUT2D eigenvalue weighted by molar-refractivity contribution is 6.03. The molecule has 8 nitrogen and oxygen atoms in total. The van der Waals surface area contributed by atoms with E-state index in [4.69, 9.17) is 4.74 Å². The normalized spacial score (nSPS) is 20.9. The van der Waals surface area contributed by atoms with Gasteiger partial charge in [0.15, 0.2) is 0 Å². The van der Waals surface area contributed by atoms with Crippen LogP contribution in [0.15, 0.2) is 30.3 Å². The smallest absolute Gasteiger partial charge is 0.273 e. The number of rotatable bonds is 6. The first-order valence-corrected chi connectivity index (χ1v) is 11.4. The molecule has 2 N–H and O–H groups in total. The Morgan fingerprint density at radius 2 is 1.97 bits per heavy atom. The second-order valence-electron chi connectivity index (χ2n) is 8.95. The Morgan fingerprint density at radius 1 is 1.25 bits per heavy atom. The lowest BCUT2D eigenvalue weighted by Gasteiger charge is -2.40. The van der Waals surface area contributed by atoms with Crippen LogP contribution < -0.4 is 5.32 Å². The molecule has 1 aliphatic carbocycles. The fourth-order valence-electron chi connectivity index (χ4n) is 4.78. The van der Waals surface area contributed by atoms with Crippen LogP contribution in [0.1, 0.15) is 60.0 Å². The maximum Gasteiger partial charge on any atom is 0.273 e. The Bertz CT molecular complexity index is 949. The standard InChI is InChI=1S/C24H32N4O4/c1-16-12-20(27(2)26-16)24(31)25-19-10-8-18(9-11-19)23(30)21-14-32-15-22(29)28(21)13-17-6-4-3-5-7-17/h8-12,17,21,23,30H,3-7,13-15H2,1-2H3,(H,25,31)/t21-,23-/m1/s1. The van der Waals surface area contributed by atoms with Gasteiger partial charge in [-0.15, -0.1) is 0 Å². The van der Waals surface area contributed by atoms with E-state index < -0.39 is 12.1 Å². The maximum absolute atomic E-state index is 12.6. The van der Waals surface area contributed by atoms with Crippen molar-refractivity contribution < 1.29 is 19.4 Å². The van der Waals surface area contributed by atoms with Gasteiger partial charge in [-0.2, -0.15) is 5.10 Å². The summed E-state index contributed by atoms with van der Waals surface area (Å²) in [6.07, 6.45) is 5.11. The topological polar surface area (TPSA) is 96.7 Å². The number of hydrogen-bond acceptors (Lipinski definition) is 5. The fraction of sp³-hybridized carbons (Fsp3) is 0.542. The Kier molecular flexibility index (Phi) is 6.91. The quantitative estimate of drug-likeness (QED) is 0.720. The molecule has 4 rings (SSSR count). The third-order valence-corrected chi connectivity index (χ3v) is 6.52. The molecule has 2 amide bonds. The van der Waals surface area contributed by atoms with Crippen molar-refractivity contribution in [3.63, 3.8) is 0 Å². The van der Waals surface area contributed by atoms with Gasteiger partial charge in [0, 0.05) is 19.3 Å². The van der Waals surface area contributed by atoms with E-state index in [1.807, 2.05) is 11.8 Å². The molecule has 0 unspecified atom stereocenters. The van der Waals surface area contributed by atoms with Gasteiger partial charge in [0.05, 0.1) is 18.3 Å². The van der Waals surface area contributed by atoms with Gasteiger partial charge in [-0.25, -0.2) is 0 Å². The highest BCUT2D eigenvalue weighted by Crippen LogP contribution is 2.30. The van der Waals surface area contributed by atoms with Crippen molar-refractivity contribution in [3.8, 4) is 0 Å². The predicted octanol–water partition coefficient (Wildman–Crippen LogP) is 2.82. The third kappa shape index (κ3) is 5.02. The summed E-state index contributed by atoms with van der Waals surface area (Å²) in [6.45, 7) is 2.92. The molecule has 0 spiro atoms. The molecule has 2 aliphatic rings. The number of hydrogen-bond donors (Lipinski definition) is 2. The van der Waals surface area contributed by atoms with Crippen LogP contribution in [0.2, 0.25) is 0 Å². The number of carbonyl (C=O) groups is 2. The largest absolute Gasteiger partial charge is 0.386 e. The number of anilines is 1. The highest BCUT2D eigenvalue weighted by atomic mass is 16.5. The van der Waals surface area contributed by atoms with Gasteiger partial charge >= 0.3 is 0 Å². The van der Waals surface area contributed by atoms with E-state index in [-0.39, 0.29) is 18.4 Å². The van der Waals surface area contributed by atoms with E-state index in [0.717, 1.165) is 18.5 Å². The number of aromatic nitrogens is 2. The van der Waals surface area contributed by atoms with Crippen LogP contribution in [0.3, 0.4) is 0 Å². The molecule has 1 aromatic carbocycles. The van der Waals surface area contributed by atoms with E-state index in [0.29, 0.717) is 36.0 Å². The second-order valence-corrected chi connectivity index (χ2v) is 8.95. The maximum atomic E-state index is 12.6. The SMILES string of the molecule is Cc1cc(C(=O)Nc2ccc([C@@H](O)[C@H]3COCC(=O)N3CC3CCCCC3)cc2)n(C)n1. The lowest BCUT2D eigenvalue weighted by atomic mass is 9.88. The highest BCUT2D eigenvalue weighted by Gasteiger charge is 2.36. The molecule has 1 saturated carbocycles. The van der Waals surface area contributed by atoms with Crippen molar-refractivity contribution in [2.75, 3.05) is 25.1 Å². The van der Waals surface area contributed by atoms with E-state index in [1.165, 1.54) is 19.3 Å². The number of ether oxygens (including phenoxy) is 1. The van der Waals surface area contributed by atoms with Gasteiger partial charge in [0.1, 0.15) is 18.4 Å². The molecule has 2 atom stereocenters. The van der Waals surface area contributed by atoms with Crippen LogP contribution in [0.25, 0.3) is 0 Å². The lowest BCUT2D eigenvalue weighted by molar-refractivity contribution is -0.155. The Hall–Kier alpha value is -2.71. The molecule has 1 aliphatic heterocycles. The van der Waals surface area contributed by atoms with Crippen LogP contribution in [-0.4, -0.2) is 57.4 Å². The van der Waals surface area contributed by atoms with Gasteiger partial charge in [-0.1, -0.05) is 31.4 Å². The molecule has 2 heterocycles. The minimum absolute atomic E-state index is 0.0544. The molecule has 8 heteroatoms. The first-order valence-electron chi connectivity index (χ1n) is 11.4.